The summed E-state index contributed by atoms with van der Waals surface area (Å²) in [5.74, 6) is -7.98. The molecule has 0 radical (unpaired) electrons. The number of benzene rings is 4. The largest absolute Gasteiger partial charge is 1.00 e. The second kappa shape index (κ2) is 15.3. The van der Waals surface area contributed by atoms with Gasteiger partial charge in [0.2, 0.25) is 0 Å². The number of hydrogen-bond acceptors (Lipinski definition) is 6. The van der Waals surface area contributed by atoms with Crippen molar-refractivity contribution in [2.75, 3.05) is 25.6 Å². The Kier molecular flexibility index (Phi) is 12.2. The van der Waals surface area contributed by atoms with E-state index in [1.807, 2.05) is 6.07 Å². The van der Waals surface area contributed by atoms with Crippen LogP contribution in [0.2, 0.25) is 0 Å². The molecule has 1 amide bonds. The lowest BCUT2D eigenvalue weighted by molar-refractivity contribution is -0.0000359. The molecule has 0 saturated heterocycles. The fourth-order valence-electron chi connectivity index (χ4n) is 3.62. The number of nitrogen functional groups attached to an aromatic ring is 2. The maximum atomic E-state index is 14.4. The van der Waals surface area contributed by atoms with Crippen LogP contribution in [0, 0.1) is 23.3 Å². The van der Waals surface area contributed by atoms with Crippen molar-refractivity contribution >= 4 is 23.3 Å². The van der Waals surface area contributed by atoms with E-state index in [1.165, 1.54) is 14.1 Å². The number of rotatable bonds is 8. The molecule has 4 aromatic rings. The number of halogens is 5. The lowest BCUT2D eigenvalue weighted by Crippen LogP contribution is -3.00. The first-order valence-corrected chi connectivity index (χ1v) is 12.3. The molecule has 228 valence electrons. The fraction of sp³-hybridized carbons (Fsp3) is 0.133. The standard InChI is InChI=1S/C16H16F2N2O2.C14H11F2NO3.ClH/c1-20(2)16(21)13-12(19)8-11(17)15(14(13)18)22-9-10-6-4-3-5-7-10;15-9-6-10(17)11(14(18)19)12(16)13(9)20-7-8-4-2-1-3-5-8;/h3-8H,9,19H2,1-2H3;1-6H,7,17H2,(H,18,19);1H/p-1. The van der Waals surface area contributed by atoms with Gasteiger partial charge in [-0.15, -0.1) is 0 Å². The number of carboxylic acid groups (broad SMARTS) is 1. The molecule has 0 atom stereocenters. The molecule has 0 saturated carbocycles. The first kappa shape index (κ1) is 34.2. The Hall–Kier alpha value is -4.97. The van der Waals surface area contributed by atoms with Gasteiger partial charge in [0.15, 0.2) is 34.8 Å². The van der Waals surface area contributed by atoms with Gasteiger partial charge in [0.1, 0.15) is 24.3 Å². The molecule has 0 aromatic heterocycles. The number of anilines is 2. The van der Waals surface area contributed by atoms with Gasteiger partial charge in [-0.05, 0) is 11.1 Å². The quantitative estimate of drug-likeness (QED) is 0.204. The topological polar surface area (TPSA) is 128 Å². The molecule has 0 fully saturated rings. The molecule has 43 heavy (non-hydrogen) atoms. The fourth-order valence-corrected chi connectivity index (χ4v) is 3.62. The highest BCUT2D eigenvalue weighted by Gasteiger charge is 2.25. The summed E-state index contributed by atoms with van der Waals surface area (Å²) in [5, 5.41) is 8.85. The summed E-state index contributed by atoms with van der Waals surface area (Å²) in [6.45, 7) is -0.105. The van der Waals surface area contributed by atoms with Crippen molar-refractivity contribution in [1.29, 1.82) is 0 Å². The second-order valence-electron chi connectivity index (χ2n) is 8.98. The SMILES string of the molecule is CN(C)C(=O)c1c(N)cc(F)c(OCc2ccccc2)c1F.Nc1cc(F)c(OCc2ccccc2)c(F)c1C(=O)O.[Cl-]. The van der Waals surface area contributed by atoms with Crippen LogP contribution in [0.3, 0.4) is 0 Å². The van der Waals surface area contributed by atoms with Crippen LogP contribution in [0.15, 0.2) is 72.8 Å². The lowest BCUT2D eigenvalue weighted by Gasteiger charge is -2.16. The van der Waals surface area contributed by atoms with Crippen LogP contribution in [0.4, 0.5) is 28.9 Å². The summed E-state index contributed by atoms with van der Waals surface area (Å²) in [6, 6.07) is 19.2. The van der Waals surface area contributed by atoms with Crippen LogP contribution in [-0.2, 0) is 13.2 Å². The smallest absolute Gasteiger partial charge is 0.340 e. The van der Waals surface area contributed by atoms with Gasteiger partial charge in [0, 0.05) is 26.2 Å². The molecule has 0 spiro atoms. The van der Waals surface area contributed by atoms with E-state index in [-0.39, 0.29) is 31.3 Å². The summed E-state index contributed by atoms with van der Waals surface area (Å²) in [7, 11) is 2.91. The van der Waals surface area contributed by atoms with Crippen molar-refractivity contribution in [3.8, 4) is 11.5 Å². The third kappa shape index (κ3) is 8.52. The Bertz CT molecular complexity index is 1580. The zero-order chi connectivity index (χ0) is 31.0. The van der Waals surface area contributed by atoms with Gasteiger partial charge in [-0.25, -0.2) is 22.4 Å². The number of carbonyl (C=O) groups is 2. The molecule has 13 heteroatoms. The molecule has 4 aromatic carbocycles. The monoisotopic (exact) mass is 620 g/mol. The number of carbonyl (C=O) groups excluding carboxylic acids is 1. The van der Waals surface area contributed by atoms with Crippen molar-refractivity contribution < 1.29 is 54.1 Å². The first-order valence-electron chi connectivity index (χ1n) is 12.3. The molecule has 8 nitrogen and oxygen atoms in total. The zero-order valence-electron chi connectivity index (χ0n) is 22.9. The first-order chi connectivity index (χ1) is 19.9. The van der Waals surface area contributed by atoms with Crippen molar-refractivity contribution in [2.24, 2.45) is 0 Å². The summed E-state index contributed by atoms with van der Waals surface area (Å²) in [4.78, 5) is 24.0. The van der Waals surface area contributed by atoms with E-state index in [1.54, 1.807) is 54.6 Å². The van der Waals surface area contributed by atoms with E-state index in [4.69, 9.17) is 26.0 Å². The normalized spacial score (nSPS) is 10.1. The number of amides is 1. The Labute approximate surface area is 250 Å². The predicted octanol–water partition coefficient (Wildman–Crippen LogP) is 2.66. The molecule has 0 aliphatic rings. The average Bonchev–Trinajstić information content (AvgIpc) is 2.93. The number of carboxylic acids is 1. The summed E-state index contributed by atoms with van der Waals surface area (Å²) < 4.78 is 66.1. The molecule has 5 N–H and O–H groups in total. The van der Waals surface area contributed by atoms with Crippen molar-refractivity contribution in [3.05, 3.63) is 118 Å². The van der Waals surface area contributed by atoms with Gasteiger partial charge in [0.25, 0.3) is 5.91 Å². The number of hydrogen-bond donors (Lipinski definition) is 3. The number of nitrogens with zero attached hydrogens (tertiary/aromatic N) is 1. The Balaban J connectivity index is 0.000000295. The minimum Gasteiger partial charge on any atom is -1.00 e. The van der Waals surface area contributed by atoms with Crippen LogP contribution in [-0.4, -0.2) is 36.0 Å². The Morgan fingerprint density at radius 1 is 0.721 bits per heavy atom. The average molecular weight is 621 g/mol. The number of ether oxygens (including phenoxy) is 2. The van der Waals surface area contributed by atoms with Crippen LogP contribution < -0.4 is 33.3 Å². The maximum absolute atomic E-state index is 14.4. The van der Waals surface area contributed by atoms with E-state index in [9.17, 15) is 27.2 Å². The van der Waals surface area contributed by atoms with E-state index in [2.05, 4.69) is 0 Å². The summed E-state index contributed by atoms with van der Waals surface area (Å²) in [6.07, 6.45) is 0. The van der Waals surface area contributed by atoms with Gasteiger partial charge in [-0.2, -0.15) is 0 Å². The van der Waals surface area contributed by atoms with Gasteiger partial charge in [-0.3, -0.25) is 4.79 Å². The third-order valence-electron chi connectivity index (χ3n) is 5.70. The second-order valence-corrected chi connectivity index (χ2v) is 8.98. The molecular formula is C30H27ClF4N3O5-. The maximum Gasteiger partial charge on any atom is 0.340 e. The molecule has 0 heterocycles. The summed E-state index contributed by atoms with van der Waals surface area (Å²) in [5.41, 5.74) is 10.3. The number of aromatic carboxylic acids is 1. The van der Waals surface area contributed by atoms with Crippen LogP contribution >= 0.6 is 0 Å². The van der Waals surface area contributed by atoms with Crippen molar-refractivity contribution in [3.63, 3.8) is 0 Å². The highest BCUT2D eigenvalue weighted by atomic mass is 35.5. The van der Waals surface area contributed by atoms with E-state index in [0.717, 1.165) is 22.6 Å². The van der Waals surface area contributed by atoms with Crippen molar-refractivity contribution in [2.45, 2.75) is 13.2 Å². The zero-order valence-corrected chi connectivity index (χ0v) is 23.7. The number of nitrogens with two attached hydrogens (primary N) is 2. The van der Waals surface area contributed by atoms with Crippen LogP contribution in [0.25, 0.3) is 0 Å². The van der Waals surface area contributed by atoms with Gasteiger partial charge < -0.3 is 43.4 Å². The highest BCUT2D eigenvalue weighted by Crippen LogP contribution is 2.31. The molecular weight excluding hydrogens is 594 g/mol. The lowest BCUT2D eigenvalue weighted by atomic mass is 10.1. The molecule has 0 aliphatic heterocycles. The minimum absolute atomic E-state index is 0. The van der Waals surface area contributed by atoms with Gasteiger partial charge in [0.05, 0.1) is 11.4 Å². The van der Waals surface area contributed by atoms with Gasteiger partial charge >= 0.3 is 5.97 Å². The van der Waals surface area contributed by atoms with E-state index in [0.29, 0.717) is 5.56 Å². The van der Waals surface area contributed by atoms with Crippen LogP contribution in [0.1, 0.15) is 31.8 Å². The minimum atomic E-state index is -1.58. The third-order valence-corrected chi connectivity index (χ3v) is 5.70. The highest BCUT2D eigenvalue weighted by molar-refractivity contribution is 5.99. The predicted molar refractivity (Wildman–Crippen MR) is 148 cm³/mol. The van der Waals surface area contributed by atoms with Gasteiger partial charge in [-0.1, -0.05) is 60.7 Å². The van der Waals surface area contributed by atoms with Crippen LogP contribution in [0.5, 0.6) is 11.5 Å². The molecule has 0 bridgehead atoms. The Morgan fingerprint density at radius 2 is 1.09 bits per heavy atom. The summed E-state index contributed by atoms with van der Waals surface area (Å²) >= 11 is 0. The van der Waals surface area contributed by atoms with E-state index < -0.39 is 63.5 Å². The molecule has 0 unspecified atom stereocenters. The molecule has 0 aliphatic carbocycles. The van der Waals surface area contributed by atoms with E-state index >= 15 is 0 Å². The molecule has 4 rings (SSSR count). The Morgan fingerprint density at radius 3 is 1.47 bits per heavy atom. The van der Waals surface area contributed by atoms with Crippen molar-refractivity contribution in [1.82, 2.24) is 4.90 Å².